The number of hydrogen-bond acceptors (Lipinski definition) is 2. The lowest BCUT2D eigenvalue weighted by molar-refractivity contribution is -0.601. The van der Waals surface area contributed by atoms with Gasteiger partial charge in [0.15, 0.2) is 35.7 Å². The third kappa shape index (κ3) is 4.66. The van der Waals surface area contributed by atoms with Gasteiger partial charge in [-0.3, -0.25) is 0 Å². The molecule has 0 spiro atoms. The second-order valence-electron chi connectivity index (χ2n) is 11.4. The number of fused-ring (bicyclic) bond motifs is 8. The maximum absolute atomic E-state index is 5.32. The molecule has 8 heterocycles. The number of aryl methyl sites for hydroxylation is 3. The first-order valence-electron chi connectivity index (χ1n) is 15.1. The first-order chi connectivity index (χ1) is 22.0. The summed E-state index contributed by atoms with van der Waals surface area (Å²) >= 11 is 0. The standard InChI is InChI=1S/C38H32N7/c1-25-10-4-7-21-43(25)36-30-15-13-28(39-30)24-29-14-16-31(40-29)37(44-22-8-5-11-26(44)2)33-18-20-35(42-33)38(34-19-17-32(36)41-34)45-23-9-6-12-27(45)3/h4-24,39,42H,1-3H3/q+3. The molecule has 6 aromatic heterocycles. The summed E-state index contributed by atoms with van der Waals surface area (Å²) in [7, 11) is 0. The fourth-order valence-electron chi connectivity index (χ4n) is 6.19. The Kier molecular flexibility index (Phi) is 6.31. The minimum atomic E-state index is 0.869. The van der Waals surface area contributed by atoms with E-state index in [1.54, 1.807) is 0 Å². The van der Waals surface area contributed by atoms with E-state index in [0.717, 1.165) is 79.0 Å². The molecular formula is C38H32N7+3. The van der Waals surface area contributed by atoms with E-state index < -0.39 is 0 Å². The Labute approximate surface area is 260 Å². The molecule has 45 heavy (non-hydrogen) atoms. The van der Waals surface area contributed by atoms with Gasteiger partial charge in [-0.2, -0.15) is 13.7 Å². The quantitative estimate of drug-likeness (QED) is 0.235. The van der Waals surface area contributed by atoms with E-state index in [1.807, 2.05) is 0 Å². The van der Waals surface area contributed by atoms with Crippen LogP contribution in [-0.4, -0.2) is 19.9 Å². The van der Waals surface area contributed by atoms with Crippen molar-refractivity contribution in [3.8, 4) is 17.1 Å². The summed E-state index contributed by atoms with van der Waals surface area (Å²) in [4.78, 5) is 17.9. The van der Waals surface area contributed by atoms with Gasteiger partial charge in [0.1, 0.15) is 33.6 Å². The lowest BCUT2D eigenvalue weighted by atomic mass is 10.2. The molecule has 7 heteroatoms. The fraction of sp³-hybridized carbons (Fsp3) is 0.0789. The number of aromatic nitrogens is 7. The number of pyridine rings is 3. The first kappa shape index (κ1) is 26.7. The van der Waals surface area contributed by atoms with Crippen molar-refractivity contribution in [2.75, 3.05) is 0 Å². The van der Waals surface area contributed by atoms with Gasteiger partial charge >= 0.3 is 0 Å². The van der Waals surface area contributed by atoms with Gasteiger partial charge in [0.05, 0.1) is 5.69 Å². The van der Waals surface area contributed by atoms with Crippen LogP contribution in [0.3, 0.4) is 0 Å². The third-order valence-corrected chi connectivity index (χ3v) is 8.41. The number of nitrogens with one attached hydrogen (secondary N) is 2. The van der Waals surface area contributed by atoms with Gasteiger partial charge in [-0.1, -0.05) is 18.2 Å². The van der Waals surface area contributed by atoms with Gasteiger partial charge in [-0.25, -0.2) is 9.97 Å². The minimum Gasteiger partial charge on any atom is -0.350 e. The van der Waals surface area contributed by atoms with Crippen LogP contribution in [0.4, 0.5) is 0 Å². The Bertz CT molecular complexity index is 2330. The van der Waals surface area contributed by atoms with Crippen molar-refractivity contribution in [2.24, 2.45) is 0 Å². The summed E-state index contributed by atoms with van der Waals surface area (Å²) in [6, 6.07) is 29.3. The highest BCUT2D eigenvalue weighted by atomic mass is 15.0. The summed E-state index contributed by atoms with van der Waals surface area (Å²) in [5.41, 5.74) is 13.6. The Hall–Kier alpha value is -5.95. The van der Waals surface area contributed by atoms with Crippen molar-refractivity contribution in [3.63, 3.8) is 0 Å². The largest absolute Gasteiger partial charge is 0.350 e. The van der Waals surface area contributed by atoms with Crippen LogP contribution in [0.5, 0.6) is 0 Å². The molecule has 0 aromatic carbocycles. The van der Waals surface area contributed by atoms with Crippen LogP contribution >= 0.6 is 0 Å². The monoisotopic (exact) mass is 586 g/mol. The average Bonchev–Trinajstić information content (AvgIpc) is 3.87. The Morgan fingerprint density at radius 2 is 0.911 bits per heavy atom. The Morgan fingerprint density at radius 1 is 0.467 bits per heavy atom. The molecule has 0 aliphatic carbocycles. The van der Waals surface area contributed by atoms with Crippen LogP contribution in [0.1, 0.15) is 39.9 Å². The fourth-order valence-corrected chi connectivity index (χ4v) is 6.19. The number of rotatable bonds is 3. The highest BCUT2D eigenvalue weighted by molar-refractivity contribution is 5.86. The molecule has 2 aliphatic rings. The van der Waals surface area contributed by atoms with E-state index in [2.05, 4.69) is 172 Å². The van der Waals surface area contributed by atoms with Crippen LogP contribution in [0.2, 0.25) is 0 Å². The highest BCUT2D eigenvalue weighted by Crippen LogP contribution is 2.26. The van der Waals surface area contributed by atoms with E-state index in [1.165, 1.54) is 0 Å². The first-order valence-corrected chi connectivity index (χ1v) is 15.1. The zero-order valence-electron chi connectivity index (χ0n) is 25.4. The summed E-state index contributed by atoms with van der Waals surface area (Å²) in [6.07, 6.45) is 14.7. The van der Waals surface area contributed by atoms with Gasteiger partial charge in [-0.05, 0) is 54.6 Å². The molecule has 0 saturated carbocycles. The molecule has 8 bridgehead atoms. The smallest absolute Gasteiger partial charge is 0.260 e. The van der Waals surface area contributed by atoms with Crippen LogP contribution < -0.4 is 13.7 Å². The molecule has 8 rings (SSSR count). The van der Waals surface area contributed by atoms with E-state index in [4.69, 9.17) is 9.97 Å². The molecule has 0 fully saturated rings. The third-order valence-electron chi connectivity index (χ3n) is 8.41. The van der Waals surface area contributed by atoms with Gasteiger partial charge in [-0.15, -0.1) is 0 Å². The van der Waals surface area contributed by atoms with Gasteiger partial charge in [0.25, 0.3) is 17.1 Å². The lowest BCUT2D eigenvalue weighted by Gasteiger charge is -2.02. The molecule has 6 aromatic rings. The second kappa shape index (κ2) is 10.6. The van der Waals surface area contributed by atoms with Crippen molar-refractivity contribution in [3.05, 3.63) is 143 Å². The highest BCUT2D eigenvalue weighted by Gasteiger charge is 2.26. The van der Waals surface area contributed by atoms with Crippen LogP contribution in [0.25, 0.3) is 63.4 Å². The molecule has 0 radical (unpaired) electrons. The Morgan fingerprint density at radius 3 is 1.42 bits per heavy atom. The van der Waals surface area contributed by atoms with Gasteiger partial charge in [0, 0.05) is 62.7 Å². The van der Waals surface area contributed by atoms with Gasteiger partial charge in [0.2, 0.25) is 0 Å². The molecule has 2 N–H and O–H groups in total. The zero-order valence-corrected chi connectivity index (χ0v) is 25.4. The average molecular weight is 587 g/mol. The van der Waals surface area contributed by atoms with Crippen LogP contribution in [0.15, 0.2) is 104 Å². The zero-order chi connectivity index (χ0) is 30.5. The van der Waals surface area contributed by atoms with Crippen molar-refractivity contribution < 1.29 is 13.7 Å². The summed E-state index contributed by atoms with van der Waals surface area (Å²) < 4.78 is 6.59. The topological polar surface area (TPSA) is 69.0 Å². The maximum Gasteiger partial charge on any atom is 0.260 e. The van der Waals surface area contributed by atoms with Crippen LogP contribution in [0, 0.1) is 20.8 Å². The lowest BCUT2D eigenvalue weighted by Crippen LogP contribution is -2.35. The Balaban J connectivity index is 1.57. The molecule has 0 saturated heterocycles. The summed E-state index contributed by atoms with van der Waals surface area (Å²) in [5.74, 6) is 0. The molecule has 0 amide bonds. The van der Waals surface area contributed by atoms with E-state index in [0.29, 0.717) is 0 Å². The van der Waals surface area contributed by atoms with E-state index in [9.17, 15) is 0 Å². The van der Waals surface area contributed by atoms with Gasteiger partial charge < -0.3 is 9.97 Å². The molecular weight excluding hydrogens is 554 g/mol. The van der Waals surface area contributed by atoms with Crippen LogP contribution in [-0.2, 0) is 0 Å². The molecule has 0 atom stereocenters. The van der Waals surface area contributed by atoms with E-state index in [-0.39, 0.29) is 0 Å². The summed E-state index contributed by atoms with van der Waals surface area (Å²) in [5, 5.41) is 0. The van der Waals surface area contributed by atoms with Crippen molar-refractivity contribution in [1.29, 1.82) is 0 Å². The molecule has 7 nitrogen and oxygen atoms in total. The maximum atomic E-state index is 5.32. The summed E-state index contributed by atoms with van der Waals surface area (Å²) in [6.45, 7) is 6.35. The predicted molar refractivity (Wildman–Crippen MR) is 178 cm³/mol. The number of hydrogen-bond donors (Lipinski definition) is 2. The number of aromatic amines is 2. The number of H-pyrrole nitrogens is 2. The molecule has 2 aliphatic heterocycles. The van der Waals surface area contributed by atoms with Crippen molar-refractivity contribution >= 4 is 46.4 Å². The predicted octanol–water partition coefficient (Wildman–Crippen LogP) is 6.41. The molecule has 216 valence electrons. The second-order valence-corrected chi connectivity index (χ2v) is 11.4. The minimum absolute atomic E-state index is 0.869. The SMILES string of the molecule is Cc1cccc[n+]1-c1c2nc(c(-[n+]3ccccc3C)c3ccc([nH]3)c(-[n+]3ccccc3C)c3nc(cc4ccc1[nH]4)C=C3)C=C2. The molecule has 0 unspecified atom stereocenters. The van der Waals surface area contributed by atoms with Crippen molar-refractivity contribution in [2.45, 2.75) is 20.8 Å². The number of nitrogens with zero attached hydrogens (tertiary/aromatic N) is 5. The van der Waals surface area contributed by atoms with Crippen molar-refractivity contribution in [1.82, 2.24) is 19.9 Å². The van der Waals surface area contributed by atoms with E-state index >= 15 is 0 Å². The normalized spacial score (nSPS) is 12.2.